The van der Waals surface area contributed by atoms with Crippen LogP contribution in [0.1, 0.15) is 33.8 Å². The predicted molar refractivity (Wildman–Crippen MR) is 108 cm³/mol. The number of hydrogen-bond acceptors (Lipinski definition) is 5. The van der Waals surface area contributed by atoms with Crippen LogP contribution in [0.5, 0.6) is 5.75 Å². The van der Waals surface area contributed by atoms with Crippen LogP contribution in [0.4, 0.5) is 4.39 Å². The Morgan fingerprint density at radius 3 is 2.55 bits per heavy atom. The van der Waals surface area contributed by atoms with Gasteiger partial charge in [-0.1, -0.05) is 30.3 Å². The van der Waals surface area contributed by atoms with Crippen molar-refractivity contribution < 1.29 is 23.5 Å². The lowest BCUT2D eigenvalue weighted by molar-refractivity contribution is -0.124. The highest BCUT2D eigenvalue weighted by atomic mass is 32.1. The molecule has 150 valence electrons. The van der Waals surface area contributed by atoms with E-state index in [0.29, 0.717) is 5.75 Å². The third-order valence-corrected chi connectivity index (χ3v) is 5.15. The zero-order valence-corrected chi connectivity index (χ0v) is 16.6. The van der Waals surface area contributed by atoms with E-state index in [2.05, 4.69) is 5.32 Å². The minimum atomic E-state index is -0.654. The second-order valence-corrected chi connectivity index (χ2v) is 7.27. The molecule has 1 amide bonds. The van der Waals surface area contributed by atoms with Crippen LogP contribution in [-0.4, -0.2) is 18.5 Å². The van der Waals surface area contributed by atoms with Gasteiger partial charge < -0.3 is 14.8 Å². The number of esters is 1. The number of halogens is 1. The molecule has 0 spiro atoms. The van der Waals surface area contributed by atoms with E-state index in [1.54, 1.807) is 47.7 Å². The van der Waals surface area contributed by atoms with Crippen molar-refractivity contribution in [3.63, 3.8) is 0 Å². The zero-order valence-electron chi connectivity index (χ0n) is 15.8. The van der Waals surface area contributed by atoms with Gasteiger partial charge in [-0.25, -0.2) is 9.18 Å². The summed E-state index contributed by atoms with van der Waals surface area (Å²) in [4.78, 5) is 25.5. The molecule has 29 heavy (non-hydrogen) atoms. The number of nitrogens with one attached hydrogen (secondary N) is 1. The quantitative estimate of drug-likeness (QED) is 0.552. The van der Waals surface area contributed by atoms with E-state index in [1.165, 1.54) is 12.1 Å². The van der Waals surface area contributed by atoms with Crippen molar-refractivity contribution in [3.8, 4) is 5.75 Å². The molecule has 0 aliphatic heterocycles. The summed E-state index contributed by atoms with van der Waals surface area (Å²) in [6, 6.07) is 16.2. The SMILES string of the molecule is C[C@@H](NC(=O)COC(=O)c1ccccc1OCc1ccc(F)cc1)c1cccs1. The topological polar surface area (TPSA) is 64.6 Å². The fourth-order valence-corrected chi connectivity index (χ4v) is 3.34. The normalized spacial score (nSPS) is 11.5. The fraction of sp³-hybridized carbons (Fsp3) is 0.182. The van der Waals surface area contributed by atoms with Crippen molar-refractivity contribution >= 4 is 23.2 Å². The molecule has 1 N–H and O–H groups in total. The van der Waals surface area contributed by atoms with E-state index in [4.69, 9.17) is 9.47 Å². The average molecular weight is 413 g/mol. The summed E-state index contributed by atoms with van der Waals surface area (Å²) in [5.74, 6) is -1.04. The summed E-state index contributed by atoms with van der Waals surface area (Å²) in [6.07, 6.45) is 0. The first-order chi connectivity index (χ1) is 14.0. The molecule has 0 unspecified atom stereocenters. The largest absolute Gasteiger partial charge is 0.488 e. The summed E-state index contributed by atoms with van der Waals surface area (Å²) < 4.78 is 23.8. The first kappa shape index (κ1) is 20.5. The molecule has 3 aromatic rings. The molecular weight excluding hydrogens is 393 g/mol. The van der Waals surface area contributed by atoms with E-state index >= 15 is 0 Å². The molecular formula is C22H20FNO4S. The minimum absolute atomic E-state index is 0.160. The summed E-state index contributed by atoms with van der Waals surface area (Å²) in [5.41, 5.74) is 0.977. The Morgan fingerprint density at radius 2 is 1.83 bits per heavy atom. The lowest BCUT2D eigenvalue weighted by Gasteiger charge is -2.13. The molecule has 1 heterocycles. The predicted octanol–water partition coefficient (Wildman–Crippen LogP) is 4.50. The monoisotopic (exact) mass is 413 g/mol. The summed E-state index contributed by atoms with van der Waals surface area (Å²) in [6.45, 7) is 1.65. The van der Waals surface area contributed by atoms with Crippen molar-refractivity contribution in [1.82, 2.24) is 5.32 Å². The molecule has 0 bridgehead atoms. The molecule has 1 aromatic heterocycles. The van der Waals surface area contributed by atoms with Gasteiger partial charge in [-0.2, -0.15) is 0 Å². The Labute approximate surface area is 172 Å². The van der Waals surface area contributed by atoms with Gasteiger partial charge in [0.25, 0.3) is 5.91 Å². The molecule has 0 aliphatic carbocycles. The number of carbonyl (C=O) groups excluding carboxylic acids is 2. The van der Waals surface area contributed by atoms with Crippen LogP contribution in [0.25, 0.3) is 0 Å². The highest BCUT2D eigenvalue weighted by Gasteiger charge is 2.17. The Morgan fingerprint density at radius 1 is 1.07 bits per heavy atom. The van der Waals surface area contributed by atoms with Gasteiger partial charge in [0, 0.05) is 4.88 Å². The van der Waals surface area contributed by atoms with Gasteiger partial charge in [0.05, 0.1) is 6.04 Å². The van der Waals surface area contributed by atoms with Crippen molar-refractivity contribution in [2.24, 2.45) is 0 Å². The maximum Gasteiger partial charge on any atom is 0.342 e. The number of rotatable bonds is 8. The smallest absolute Gasteiger partial charge is 0.342 e. The van der Waals surface area contributed by atoms with Gasteiger partial charge in [0.2, 0.25) is 0 Å². The standard InChI is InChI=1S/C22H20FNO4S/c1-15(20-7-4-12-29-20)24-21(25)14-28-22(26)18-5-2-3-6-19(18)27-13-16-8-10-17(23)11-9-16/h2-12,15H,13-14H2,1H3,(H,24,25)/t15-/m1/s1. The number of ether oxygens (including phenoxy) is 2. The number of hydrogen-bond donors (Lipinski definition) is 1. The number of para-hydroxylation sites is 1. The lowest BCUT2D eigenvalue weighted by Crippen LogP contribution is -2.30. The molecule has 1 atom stereocenters. The van der Waals surface area contributed by atoms with Gasteiger partial charge in [0.1, 0.15) is 23.7 Å². The number of amides is 1. The highest BCUT2D eigenvalue weighted by molar-refractivity contribution is 7.10. The van der Waals surface area contributed by atoms with Crippen molar-refractivity contribution in [1.29, 1.82) is 0 Å². The molecule has 0 aliphatic rings. The molecule has 7 heteroatoms. The molecule has 0 radical (unpaired) electrons. The Kier molecular flexibility index (Phi) is 6.97. The zero-order chi connectivity index (χ0) is 20.6. The number of carbonyl (C=O) groups is 2. The van der Waals surface area contributed by atoms with Crippen molar-refractivity contribution in [2.45, 2.75) is 19.6 Å². The molecule has 0 fully saturated rings. The maximum atomic E-state index is 13.0. The Bertz CT molecular complexity index is 957. The molecule has 3 rings (SSSR count). The van der Waals surface area contributed by atoms with Crippen LogP contribution in [0.3, 0.4) is 0 Å². The van der Waals surface area contributed by atoms with E-state index < -0.39 is 5.97 Å². The highest BCUT2D eigenvalue weighted by Crippen LogP contribution is 2.21. The second kappa shape index (κ2) is 9.84. The van der Waals surface area contributed by atoms with E-state index in [-0.39, 0.29) is 36.5 Å². The third-order valence-electron chi connectivity index (χ3n) is 4.10. The minimum Gasteiger partial charge on any atom is -0.488 e. The van der Waals surface area contributed by atoms with Gasteiger partial charge >= 0.3 is 5.97 Å². The van der Waals surface area contributed by atoms with E-state index in [1.807, 2.05) is 24.4 Å². The van der Waals surface area contributed by atoms with Crippen LogP contribution in [-0.2, 0) is 16.1 Å². The molecule has 2 aromatic carbocycles. The summed E-state index contributed by atoms with van der Waals surface area (Å²) in [5, 5.41) is 4.72. The number of benzene rings is 2. The van der Waals surface area contributed by atoms with Gasteiger partial charge in [-0.3, -0.25) is 4.79 Å². The van der Waals surface area contributed by atoms with Crippen LogP contribution < -0.4 is 10.1 Å². The average Bonchev–Trinajstić information content (AvgIpc) is 3.27. The van der Waals surface area contributed by atoms with E-state index in [9.17, 15) is 14.0 Å². The van der Waals surface area contributed by atoms with Crippen LogP contribution in [0, 0.1) is 5.82 Å². The Hall–Kier alpha value is -3.19. The van der Waals surface area contributed by atoms with Crippen molar-refractivity contribution in [2.75, 3.05) is 6.61 Å². The fourth-order valence-electron chi connectivity index (χ4n) is 2.60. The van der Waals surface area contributed by atoms with Gasteiger partial charge in [-0.05, 0) is 48.2 Å². The Balaban J connectivity index is 1.55. The van der Waals surface area contributed by atoms with Crippen LogP contribution in [0.2, 0.25) is 0 Å². The molecule has 0 saturated heterocycles. The van der Waals surface area contributed by atoms with Crippen molar-refractivity contribution in [3.05, 3.63) is 87.9 Å². The second-order valence-electron chi connectivity index (χ2n) is 6.29. The van der Waals surface area contributed by atoms with Crippen LogP contribution in [0.15, 0.2) is 66.0 Å². The lowest BCUT2D eigenvalue weighted by atomic mass is 10.2. The van der Waals surface area contributed by atoms with E-state index in [0.717, 1.165) is 10.4 Å². The summed E-state index contributed by atoms with van der Waals surface area (Å²) >= 11 is 1.54. The number of thiophene rings is 1. The first-order valence-corrected chi connectivity index (χ1v) is 9.87. The molecule has 0 saturated carbocycles. The third kappa shape index (κ3) is 5.89. The summed E-state index contributed by atoms with van der Waals surface area (Å²) in [7, 11) is 0. The van der Waals surface area contributed by atoms with Crippen LogP contribution >= 0.6 is 11.3 Å². The van der Waals surface area contributed by atoms with Gasteiger partial charge in [-0.15, -0.1) is 11.3 Å². The molecule has 5 nitrogen and oxygen atoms in total. The maximum absolute atomic E-state index is 13.0. The van der Waals surface area contributed by atoms with Gasteiger partial charge in [0.15, 0.2) is 6.61 Å². The first-order valence-electron chi connectivity index (χ1n) is 8.99.